The Morgan fingerprint density at radius 1 is 1.19 bits per heavy atom. The van der Waals surface area contributed by atoms with Gasteiger partial charge in [0.05, 0.1) is 17.6 Å². The number of carbonyl (C=O) groups is 1. The average molecular weight is 354 g/mol. The summed E-state index contributed by atoms with van der Waals surface area (Å²) in [5.74, 6) is 2.56. The third-order valence-corrected chi connectivity index (χ3v) is 4.57. The predicted molar refractivity (Wildman–Crippen MR) is 101 cm³/mol. The molecule has 1 atom stereocenters. The van der Waals surface area contributed by atoms with Crippen LogP contribution in [0.25, 0.3) is 11.0 Å². The van der Waals surface area contributed by atoms with Crippen molar-refractivity contribution in [3.8, 4) is 0 Å². The van der Waals surface area contributed by atoms with Crippen LogP contribution in [-0.2, 0) is 17.8 Å². The first-order valence-electron chi connectivity index (χ1n) is 9.16. The van der Waals surface area contributed by atoms with E-state index in [0.717, 1.165) is 34.9 Å². The number of hydrogen-bond acceptors (Lipinski definition) is 4. The van der Waals surface area contributed by atoms with Gasteiger partial charge >= 0.3 is 0 Å². The van der Waals surface area contributed by atoms with Crippen LogP contribution in [0.3, 0.4) is 0 Å². The number of benzene rings is 1. The largest absolute Gasteiger partial charge is 0.352 e. The smallest absolute Gasteiger partial charge is 0.243 e. The first-order valence-corrected chi connectivity index (χ1v) is 9.16. The van der Waals surface area contributed by atoms with Gasteiger partial charge in [-0.05, 0) is 32.4 Å². The van der Waals surface area contributed by atoms with E-state index >= 15 is 0 Å². The van der Waals surface area contributed by atoms with E-state index in [2.05, 4.69) is 31.9 Å². The molecule has 2 heterocycles. The van der Waals surface area contributed by atoms with Gasteiger partial charge in [0.15, 0.2) is 0 Å². The summed E-state index contributed by atoms with van der Waals surface area (Å²) in [7, 11) is 0. The molecule has 1 N–H and O–H groups in total. The monoisotopic (exact) mass is 354 g/mol. The molecule has 0 aliphatic heterocycles. The van der Waals surface area contributed by atoms with Crippen molar-refractivity contribution in [1.29, 1.82) is 0 Å². The van der Waals surface area contributed by atoms with Crippen LogP contribution in [0.1, 0.15) is 43.8 Å². The average Bonchev–Trinajstić information content (AvgIpc) is 3.15. The van der Waals surface area contributed by atoms with Crippen LogP contribution >= 0.6 is 0 Å². The molecular formula is C19H26N6O. The van der Waals surface area contributed by atoms with Crippen LogP contribution in [0.4, 0.5) is 0 Å². The van der Waals surface area contributed by atoms with Crippen molar-refractivity contribution in [2.75, 3.05) is 6.54 Å². The molecule has 0 saturated heterocycles. The predicted octanol–water partition coefficient (Wildman–Crippen LogP) is 2.57. The summed E-state index contributed by atoms with van der Waals surface area (Å²) < 4.78 is 3.90. The summed E-state index contributed by atoms with van der Waals surface area (Å²) in [6, 6.07) is 7.71. The zero-order valence-corrected chi connectivity index (χ0v) is 15.9. The minimum atomic E-state index is -0.268. The molecule has 0 aliphatic carbocycles. The third-order valence-electron chi connectivity index (χ3n) is 4.57. The lowest BCUT2D eigenvalue weighted by Gasteiger charge is -2.20. The van der Waals surface area contributed by atoms with Crippen molar-refractivity contribution in [2.24, 2.45) is 0 Å². The Kier molecular flexibility index (Phi) is 5.35. The zero-order chi connectivity index (χ0) is 18.7. The summed E-state index contributed by atoms with van der Waals surface area (Å²) in [5.41, 5.74) is 1.94. The lowest BCUT2D eigenvalue weighted by Crippen LogP contribution is -2.35. The molecule has 2 aromatic heterocycles. The van der Waals surface area contributed by atoms with E-state index in [0.29, 0.717) is 19.5 Å². The number of rotatable bonds is 7. The molecule has 0 aliphatic rings. The molecule has 26 heavy (non-hydrogen) atoms. The van der Waals surface area contributed by atoms with Gasteiger partial charge in [-0.15, -0.1) is 0 Å². The number of aryl methyl sites for hydroxylation is 3. The van der Waals surface area contributed by atoms with Crippen LogP contribution in [0.2, 0.25) is 0 Å². The maximum Gasteiger partial charge on any atom is 0.243 e. The van der Waals surface area contributed by atoms with Crippen molar-refractivity contribution in [1.82, 2.24) is 29.6 Å². The first kappa shape index (κ1) is 18.1. The second-order valence-electron chi connectivity index (χ2n) is 6.38. The third kappa shape index (κ3) is 3.47. The number of amides is 1. The standard InChI is InChI=1S/C19H26N6O/c1-5-16(19(26)20-11-12-24-14(4)21-13(3)23-24)25-17-10-8-7-9-15(17)22-18(25)6-2/h7-10,16H,5-6,11-12H2,1-4H3,(H,20,26). The number of carbonyl (C=O) groups excluding carboxylic acids is 1. The van der Waals surface area contributed by atoms with Crippen LogP contribution < -0.4 is 5.32 Å². The second-order valence-corrected chi connectivity index (χ2v) is 6.38. The quantitative estimate of drug-likeness (QED) is 0.707. The summed E-state index contributed by atoms with van der Waals surface area (Å²) in [5, 5.41) is 7.38. The maximum absolute atomic E-state index is 12.9. The van der Waals surface area contributed by atoms with E-state index < -0.39 is 0 Å². The molecule has 7 heteroatoms. The van der Waals surface area contributed by atoms with E-state index in [9.17, 15) is 4.79 Å². The lowest BCUT2D eigenvalue weighted by atomic mass is 10.2. The van der Waals surface area contributed by atoms with Crippen molar-refractivity contribution >= 4 is 16.9 Å². The normalized spacial score (nSPS) is 12.5. The molecule has 138 valence electrons. The highest BCUT2D eigenvalue weighted by atomic mass is 16.2. The number of imidazole rings is 1. The molecule has 1 amide bonds. The molecule has 0 saturated carbocycles. The van der Waals surface area contributed by atoms with Gasteiger partial charge in [-0.3, -0.25) is 4.79 Å². The Labute approximate surface area is 153 Å². The summed E-state index contributed by atoms with van der Waals surface area (Å²) >= 11 is 0. The Morgan fingerprint density at radius 2 is 1.96 bits per heavy atom. The molecule has 0 radical (unpaired) electrons. The van der Waals surface area contributed by atoms with Crippen molar-refractivity contribution in [3.05, 3.63) is 41.7 Å². The number of hydrogen-bond donors (Lipinski definition) is 1. The number of nitrogens with zero attached hydrogens (tertiary/aromatic N) is 5. The van der Waals surface area contributed by atoms with Crippen LogP contribution in [0.15, 0.2) is 24.3 Å². The highest BCUT2D eigenvalue weighted by Gasteiger charge is 2.23. The van der Waals surface area contributed by atoms with E-state index in [-0.39, 0.29) is 11.9 Å². The lowest BCUT2D eigenvalue weighted by molar-refractivity contribution is -0.124. The second kappa shape index (κ2) is 7.68. The SMILES string of the molecule is CCc1nc2ccccc2n1C(CC)C(=O)NCCn1nc(C)nc1C. The number of para-hydroxylation sites is 2. The van der Waals surface area contributed by atoms with Gasteiger partial charge in [0.1, 0.15) is 23.5 Å². The Balaban J connectivity index is 1.76. The minimum absolute atomic E-state index is 0.0137. The van der Waals surface area contributed by atoms with Crippen LogP contribution in [-0.4, -0.2) is 36.8 Å². The highest BCUT2D eigenvalue weighted by molar-refractivity contribution is 5.84. The molecule has 7 nitrogen and oxygen atoms in total. The molecule has 0 fully saturated rings. The fourth-order valence-electron chi connectivity index (χ4n) is 3.35. The number of nitrogens with one attached hydrogen (secondary N) is 1. The van der Waals surface area contributed by atoms with Gasteiger partial charge in [-0.1, -0.05) is 26.0 Å². The van der Waals surface area contributed by atoms with E-state index in [1.165, 1.54) is 0 Å². The van der Waals surface area contributed by atoms with E-state index in [1.807, 2.05) is 49.7 Å². The van der Waals surface area contributed by atoms with Crippen molar-refractivity contribution < 1.29 is 4.79 Å². The maximum atomic E-state index is 12.9. The first-order chi connectivity index (χ1) is 12.5. The molecule has 1 unspecified atom stereocenters. The van der Waals surface area contributed by atoms with Gasteiger partial charge in [-0.25, -0.2) is 14.6 Å². The summed E-state index contributed by atoms with van der Waals surface area (Å²) in [6.45, 7) is 9.02. The molecule has 3 rings (SSSR count). The molecule has 3 aromatic rings. The Hall–Kier alpha value is -2.70. The Morgan fingerprint density at radius 3 is 2.62 bits per heavy atom. The zero-order valence-electron chi connectivity index (χ0n) is 15.9. The number of aromatic nitrogens is 5. The van der Waals surface area contributed by atoms with Gasteiger partial charge in [-0.2, -0.15) is 5.10 Å². The van der Waals surface area contributed by atoms with Gasteiger partial charge in [0.2, 0.25) is 5.91 Å². The molecule has 0 bridgehead atoms. The number of fused-ring (bicyclic) bond motifs is 1. The topological polar surface area (TPSA) is 77.6 Å². The van der Waals surface area contributed by atoms with Gasteiger partial charge in [0.25, 0.3) is 0 Å². The van der Waals surface area contributed by atoms with Crippen LogP contribution in [0.5, 0.6) is 0 Å². The fraction of sp³-hybridized carbons (Fsp3) is 0.474. The van der Waals surface area contributed by atoms with E-state index in [1.54, 1.807) is 0 Å². The van der Waals surface area contributed by atoms with Gasteiger partial charge < -0.3 is 9.88 Å². The summed E-state index contributed by atoms with van der Waals surface area (Å²) in [4.78, 5) is 21.8. The van der Waals surface area contributed by atoms with Crippen molar-refractivity contribution in [3.63, 3.8) is 0 Å². The van der Waals surface area contributed by atoms with Gasteiger partial charge in [0, 0.05) is 13.0 Å². The van der Waals surface area contributed by atoms with E-state index in [4.69, 9.17) is 0 Å². The summed E-state index contributed by atoms with van der Waals surface area (Å²) in [6.07, 6.45) is 1.50. The van der Waals surface area contributed by atoms with Crippen molar-refractivity contribution in [2.45, 2.75) is 53.1 Å². The Bertz CT molecular complexity index is 910. The highest BCUT2D eigenvalue weighted by Crippen LogP contribution is 2.24. The minimum Gasteiger partial charge on any atom is -0.352 e. The fourth-order valence-corrected chi connectivity index (χ4v) is 3.35. The molecular weight excluding hydrogens is 328 g/mol. The van der Waals surface area contributed by atoms with Crippen LogP contribution in [0, 0.1) is 13.8 Å². The molecule has 1 aromatic carbocycles. The molecule has 0 spiro atoms.